The maximum atomic E-state index is 11.6. The molecule has 4 nitrogen and oxygen atoms in total. The number of esters is 1. The van der Waals surface area contributed by atoms with Crippen LogP contribution < -0.4 is 0 Å². The second kappa shape index (κ2) is 5.29. The van der Waals surface area contributed by atoms with Crippen molar-refractivity contribution in [2.75, 3.05) is 20.3 Å². The molecule has 1 fully saturated rings. The zero-order valence-electron chi connectivity index (χ0n) is 9.76. The highest BCUT2D eigenvalue weighted by Gasteiger charge is 2.28. The zero-order chi connectivity index (χ0) is 12.3. The Morgan fingerprint density at radius 1 is 1.53 bits per heavy atom. The van der Waals surface area contributed by atoms with Crippen LogP contribution >= 0.6 is 0 Å². The molecule has 0 aliphatic carbocycles. The van der Waals surface area contributed by atoms with Gasteiger partial charge in [-0.05, 0) is 18.1 Å². The van der Waals surface area contributed by atoms with Crippen molar-refractivity contribution in [3.63, 3.8) is 0 Å². The van der Waals surface area contributed by atoms with Crippen molar-refractivity contribution in [2.45, 2.75) is 12.5 Å². The number of carbonyl (C=O) groups excluding carboxylic acids is 1. The zero-order valence-corrected chi connectivity index (χ0v) is 9.76. The predicted molar refractivity (Wildman–Crippen MR) is 61.7 cm³/mol. The van der Waals surface area contributed by atoms with Gasteiger partial charge in [0.1, 0.15) is 0 Å². The first-order chi connectivity index (χ1) is 8.24. The molecule has 1 aliphatic rings. The van der Waals surface area contributed by atoms with E-state index < -0.39 is 12.1 Å². The molecular formula is C13H16O4. The van der Waals surface area contributed by atoms with Gasteiger partial charge in [0.05, 0.1) is 25.4 Å². The van der Waals surface area contributed by atoms with E-state index in [1.807, 2.05) is 0 Å². The van der Waals surface area contributed by atoms with Crippen LogP contribution in [0.2, 0.25) is 0 Å². The molecule has 2 atom stereocenters. The fraction of sp³-hybridized carbons (Fsp3) is 0.462. The SMILES string of the molecule is COC(=O)c1ccccc1C(O)C1CCOC1. The molecule has 2 rings (SSSR count). The van der Waals surface area contributed by atoms with Gasteiger partial charge in [-0.25, -0.2) is 4.79 Å². The number of hydrogen-bond acceptors (Lipinski definition) is 4. The molecule has 0 bridgehead atoms. The minimum absolute atomic E-state index is 0.0563. The third-order valence-corrected chi connectivity index (χ3v) is 3.10. The molecule has 1 heterocycles. The summed E-state index contributed by atoms with van der Waals surface area (Å²) in [6.45, 7) is 1.21. The highest BCUT2D eigenvalue weighted by Crippen LogP contribution is 2.30. The van der Waals surface area contributed by atoms with E-state index in [1.165, 1.54) is 7.11 Å². The molecule has 92 valence electrons. The lowest BCUT2D eigenvalue weighted by molar-refractivity contribution is 0.0579. The summed E-state index contributed by atoms with van der Waals surface area (Å²) in [6, 6.07) is 6.99. The molecule has 1 saturated heterocycles. The molecule has 0 radical (unpaired) electrons. The summed E-state index contributed by atoms with van der Waals surface area (Å²) in [7, 11) is 1.34. The van der Waals surface area contributed by atoms with Crippen LogP contribution in [-0.4, -0.2) is 31.4 Å². The molecule has 17 heavy (non-hydrogen) atoms. The summed E-state index contributed by atoms with van der Waals surface area (Å²) in [5, 5.41) is 10.3. The Morgan fingerprint density at radius 2 is 2.29 bits per heavy atom. The average Bonchev–Trinajstić information content (AvgIpc) is 2.91. The molecule has 1 aromatic rings. The van der Waals surface area contributed by atoms with Crippen molar-refractivity contribution in [3.8, 4) is 0 Å². The third-order valence-electron chi connectivity index (χ3n) is 3.10. The molecule has 1 aromatic carbocycles. The Hall–Kier alpha value is -1.39. The second-order valence-electron chi connectivity index (χ2n) is 4.15. The number of aliphatic hydroxyl groups excluding tert-OH is 1. The lowest BCUT2D eigenvalue weighted by Crippen LogP contribution is -2.16. The van der Waals surface area contributed by atoms with Gasteiger partial charge < -0.3 is 14.6 Å². The first-order valence-corrected chi connectivity index (χ1v) is 5.67. The van der Waals surface area contributed by atoms with Gasteiger partial charge in [-0.3, -0.25) is 0 Å². The van der Waals surface area contributed by atoms with E-state index in [0.29, 0.717) is 24.3 Å². The average molecular weight is 236 g/mol. The molecule has 4 heteroatoms. The maximum Gasteiger partial charge on any atom is 0.338 e. The standard InChI is InChI=1S/C13H16O4/c1-16-13(15)11-5-3-2-4-10(11)12(14)9-6-7-17-8-9/h2-5,9,12,14H,6-8H2,1H3. The van der Waals surface area contributed by atoms with Gasteiger partial charge in [-0.2, -0.15) is 0 Å². The predicted octanol–water partition coefficient (Wildman–Crippen LogP) is 1.54. The van der Waals surface area contributed by atoms with Crippen LogP contribution in [0.1, 0.15) is 28.4 Å². The van der Waals surface area contributed by atoms with E-state index in [9.17, 15) is 9.90 Å². The molecule has 1 N–H and O–H groups in total. The lowest BCUT2D eigenvalue weighted by atomic mass is 9.92. The Labute approximate surface area is 100 Å². The maximum absolute atomic E-state index is 11.6. The van der Waals surface area contributed by atoms with Crippen molar-refractivity contribution >= 4 is 5.97 Å². The number of hydrogen-bond donors (Lipinski definition) is 1. The van der Waals surface area contributed by atoms with E-state index in [-0.39, 0.29) is 5.92 Å². The van der Waals surface area contributed by atoms with Gasteiger partial charge in [-0.1, -0.05) is 18.2 Å². The van der Waals surface area contributed by atoms with Crippen LogP contribution in [0.15, 0.2) is 24.3 Å². The first kappa shape index (κ1) is 12.1. The van der Waals surface area contributed by atoms with E-state index in [1.54, 1.807) is 24.3 Å². The molecule has 1 aliphatic heterocycles. The van der Waals surface area contributed by atoms with Crippen LogP contribution in [0.4, 0.5) is 0 Å². The van der Waals surface area contributed by atoms with Crippen LogP contribution in [0.3, 0.4) is 0 Å². The topological polar surface area (TPSA) is 55.8 Å². The molecule has 2 unspecified atom stereocenters. The summed E-state index contributed by atoms with van der Waals surface area (Å²) in [5.41, 5.74) is 1.05. The van der Waals surface area contributed by atoms with Gasteiger partial charge in [0.2, 0.25) is 0 Å². The highest BCUT2D eigenvalue weighted by molar-refractivity contribution is 5.91. The van der Waals surface area contributed by atoms with E-state index in [2.05, 4.69) is 0 Å². The molecule has 0 saturated carbocycles. The van der Waals surface area contributed by atoms with Crippen molar-refractivity contribution in [3.05, 3.63) is 35.4 Å². The number of methoxy groups -OCH3 is 1. The van der Waals surface area contributed by atoms with Crippen molar-refractivity contribution < 1.29 is 19.4 Å². The summed E-state index contributed by atoms with van der Waals surface area (Å²) in [6.07, 6.45) is 0.143. The molecule has 0 spiro atoms. The van der Waals surface area contributed by atoms with Crippen molar-refractivity contribution in [1.82, 2.24) is 0 Å². The van der Waals surface area contributed by atoms with Gasteiger partial charge in [0.15, 0.2) is 0 Å². The van der Waals surface area contributed by atoms with Crippen LogP contribution in [0, 0.1) is 5.92 Å². The van der Waals surface area contributed by atoms with Crippen LogP contribution in [0.25, 0.3) is 0 Å². The minimum Gasteiger partial charge on any atom is -0.465 e. The molecule has 0 aromatic heterocycles. The van der Waals surface area contributed by atoms with E-state index >= 15 is 0 Å². The quantitative estimate of drug-likeness (QED) is 0.809. The van der Waals surface area contributed by atoms with E-state index in [4.69, 9.17) is 9.47 Å². The number of rotatable bonds is 3. The Kier molecular flexibility index (Phi) is 3.76. The number of aliphatic hydroxyl groups is 1. The summed E-state index contributed by atoms with van der Waals surface area (Å²) >= 11 is 0. The molecular weight excluding hydrogens is 220 g/mol. The normalized spacial score (nSPS) is 21.2. The fourth-order valence-electron chi connectivity index (χ4n) is 2.11. The van der Waals surface area contributed by atoms with Crippen LogP contribution in [0.5, 0.6) is 0 Å². The number of carbonyl (C=O) groups is 1. The number of ether oxygens (including phenoxy) is 2. The lowest BCUT2D eigenvalue weighted by Gasteiger charge is -2.19. The summed E-state index contributed by atoms with van der Waals surface area (Å²) < 4.78 is 9.96. The van der Waals surface area contributed by atoms with Gasteiger partial charge >= 0.3 is 5.97 Å². The Bertz CT molecular complexity index is 396. The second-order valence-corrected chi connectivity index (χ2v) is 4.15. The number of benzene rings is 1. The first-order valence-electron chi connectivity index (χ1n) is 5.67. The third kappa shape index (κ3) is 2.48. The Morgan fingerprint density at radius 3 is 2.94 bits per heavy atom. The molecule has 0 amide bonds. The summed E-state index contributed by atoms with van der Waals surface area (Å²) in [4.78, 5) is 11.6. The monoisotopic (exact) mass is 236 g/mol. The van der Waals surface area contributed by atoms with Crippen molar-refractivity contribution in [2.24, 2.45) is 5.92 Å². The minimum atomic E-state index is -0.673. The van der Waals surface area contributed by atoms with Gasteiger partial charge in [0.25, 0.3) is 0 Å². The van der Waals surface area contributed by atoms with E-state index in [0.717, 1.165) is 6.42 Å². The Balaban J connectivity index is 2.27. The smallest absolute Gasteiger partial charge is 0.338 e. The van der Waals surface area contributed by atoms with Crippen molar-refractivity contribution in [1.29, 1.82) is 0 Å². The summed E-state index contributed by atoms with van der Waals surface area (Å²) in [5.74, 6) is -0.362. The van der Waals surface area contributed by atoms with Gasteiger partial charge in [0, 0.05) is 12.5 Å². The fourth-order valence-corrected chi connectivity index (χ4v) is 2.11. The largest absolute Gasteiger partial charge is 0.465 e. The van der Waals surface area contributed by atoms with Gasteiger partial charge in [-0.15, -0.1) is 0 Å². The van der Waals surface area contributed by atoms with Crippen LogP contribution in [-0.2, 0) is 9.47 Å². The highest BCUT2D eigenvalue weighted by atomic mass is 16.5.